The van der Waals surface area contributed by atoms with Crippen molar-refractivity contribution in [1.29, 1.82) is 0 Å². The van der Waals surface area contributed by atoms with Crippen molar-refractivity contribution in [3.8, 4) is 0 Å². The maximum atomic E-state index is 13.4. The van der Waals surface area contributed by atoms with Crippen LogP contribution in [-0.4, -0.2) is 39.3 Å². The van der Waals surface area contributed by atoms with Gasteiger partial charge in [-0.2, -0.15) is 0 Å². The number of rotatable bonds is 5. The standard InChI is InChI=1S/C13H15F2NO4S/c14-9-3-4-11(15)12(6-9)21(18,19)8-13(17)16-7-10-2-1-5-20-10/h3-4,6,10H,1-2,5,7-8H2,(H,16,17). The molecule has 1 aromatic carbocycles. The molecule has 116 valence electrons. The lowest BCUT2D eigenvalue weighted by molar-refractivity contribution is -0.119. The van der Waals surface area contributed by atoms with Crippen molar-refractivity contribution in [1.82, 2.24) is 5.32 Å². The fourth-order valence-corrected chi connectivity index (χ4v) is 3.31. The van der Waals surface area contributed by atoms with Crippen LogP contribution in [0.15, 0.2) is 23.1 Å². The molecule has 1 amide bonds. The predicted octanol–water partition coefficient (Wildman–Crippen LogP) is 1.03. The number of nitrogens with one attached hydrogen (secondary N) is 1. The minimum absolute atomic E-state index is 0.123. The van der Waals surface area contributed by atoms with E-state index in [9.17, 15) is 22.0 Å². The maximum absolute atomic E-state index is 13.4. The lowest BCUT2D eigenvalue weighted by Gasteiger charge is -2.11. The molecule has 1 saturated heterocycles. The van der Waals surface area contributed by atoms with Crippen LogP contribution in [0, 0.1) is 11.6 Å². The number of halogens is 2. The van der Waals surface area contributed by atoms with Gasteiger partial charge in [0.25, 0.3) is 0 Å². The minimum atomic E-state index is -4.23. The Labute approximate surface area is 121 Å². The van der Waals surface area contributed by atoms with Crippen LogP contribution >= 0.6 is 0 Å². The Bertz CT molecular complexity index is 627. The Kier molecular flexibility index (Phi) is 4.89. The molecule has 1 unspecified atom stereocenters. The summed E-state index contributed by atoms with van der Waals surface area (Å²) in [7, 11) is -4.23. The molecule has 1 aliphatic heterocycles. The van der Waals surface area contributed by atoms with Crippen LogP contribution in [0.1, 0.15) is 12.8 Å². The zero-order valence-corrected chi connectivity index (χ0v) is 12.0. The van der Waals surface area contributed by atoms with Crippen LogP contribution in [0.25, 0.3) is 0 Å². The van der Waals surface area contributed by atoms with Crippen LogP contribution in [-0.2, 0) is 19.4 Å². The monoisotopic (exact) mass is 319 g/mol. The average molecular weight is 319 g/mol. The fourth-order valence-electron chi connectivity index (χ4n) is 2.05. The second-order valence-electron chi connectivity index (χ2n) is 4.77. The topological polar surface area (TPSA) is 72.5 Å². The van der Waals surface area contributed by atoms with E-state index in [-0.39, 0.29) is 12.6 Å². The zero-order valence-electron chi connectivity index (χ0n) is 11.1. The van der Waals surface area contributed by atoms with Crippen molar-refractivity contribution in [2.24, 2.45) is 0 Å². The van der Waals surface area contributed by atoms with E-state index in [0.29, 0.717) is 18.7 Å². The SMILES string of the molecule is O=C(CS(=O)(=O)c1cc(F)ccc1F)NCC1CCCO1. The fraction of sp³-hybridized carbons (Fsp3) is 0.462. The Balaban J connectivity index is 1.99. The first kappa shape index (κ1) is 15.8. The van der Waals surface area contributed by atoms with Gasteiger partial charge in [0, 0.05) is 13.2 Å². The third-order valence-corrected chi connectivity index (χ3v) is 4.73. The molecule has 0 bridgehead atoms. The lowest BCUT2D eigenvalue weighted by atomic mass is 10.2. The van der Waals surface area contributed by atoms with Gasteiger partial charge in [-0.3, -0.25) is 4.79 Å². The van der Waals surface area contributed by atoms with E-state index < -0.39 is 38.0 Å². The smallest absolute Gasteiger partial charge is 0.235 e. The molecule has 1 fully saturated rings. The van der Waals surface area contributed by atoms with E-state index in [4.69, 9.17) is 4.74 Å². The van der Waals surface area contributed by atoms with E-state index in [1.807, 2.05) is 0 Å². The molecule has 0 aliphatic carbocycles. The zero-order chi connectivity index (χ0) is 15.5. The van der Waals surface area contributed by atoms with Crippen molar-refractivity contribution in [3.63, 3.8) is 0 Å². The highest BCUT2D eigenvalue weighted by Crippen LogP contribution is 2.17. The summed E-state index contributed by atoms with van der Waals surface area (Å²) in [6, 6.07) is 2.09. The molecule has 0 radical (unpaired) electrons. The second kappa shape index (κ2) is 6.48. The van der Waals surface area contributed by atoms with Crippen LogP contribution in [0.3, 0.4) is 0 Å². The Morgan fingerprint density at radius 2 is 2.14 bits per heavy atom. The summed E-state index contributed by atoms with van der Waals surface area (Å²) >= 11 is 0. The molecule has 0 spiro atoms. The number of hydrogen-bond donors (Lipinski definition) is 1. The third-order valence-electron chi connectivity index (χ3n) is 3.10. The van der Waals surface area contributed by atoms with Gasteiger partial charge in [-0.1, -0.05) is 0 Å². The van der Waals surface area contributed by atoms with Crippen LogP contribution < -0.4 is 5.32 Å². The summed E-state index contributed by atoms with van der Waals surface area (Å²) < 4.78 is 55.6. The van der Waals surface area contributed by atoms with E-state index in [1.54, 1.807) is 0 Å². The maximum Gasteiger partial charge on any atom is 0.235 e. The summed E-state index contributed by atoms with van der Waals surface area (Å²) in [4.78, 5) is 10.8. The van der Waals surface area contributed by atoms with Gasteiger partial charge in [0.1, 0.15) is 22.3 Å². The van der Waals surface area contributed by atoms with Gasteiger partial charge in [-0.05, 0) is 31.0 Å². The molecule has 8 heteroatoms. The highest BCUT2D eigenvalue weighted by Gasteiger charge is 2.24. The van der Waals surface area contributed by atoms with E-state index >= 15 is 0 Å². The highest BCUT2D eigenvalue weighted by molar-refractivity contribution is 7.92. The number of hydrogen-bond acceptors (Lipinski definition) is 4. The highest BCUT2D eigenvalue weighted by atomic mass is 32.2. The van der Waals surface area contributed by atoms with Gasteiger partial charge >= 0.3 is 0 Å². The molecule has 21 heavy (non-hydrogen) atoms. The van der Waals surface area contributed by atoms with E-state index in [1.165, 1.54) is 0 Å². The average Bonchev–Trinajstić information content (AvgIpc) is 2.92. The number of ether oxygens (including phenoxy) is 1. The normalized spacial score (nSPS) is 18.7. The lowest BCUT2D eigenvalue weighted by Crippen LogP contribution is -2.36. The molecule has 2 rings (SSSR count). The van der Waals surface area contributed by atoms with Gasteiger partial charge in [0.2, 0.25) is 5.91 Å². The minimum Gasteiger partial charge on any atom is -0.376 e. The first-order valence-corrected chi connectivity index (χ1v) is 8.10. The van der Waals surface area contributed by atoms with Gasteiger partial charge in [0.05, 0.1) is 6.10 Å². The third kappa shape index (κ3) is 4.21. The van der Waals surface area contributed by atoms with Crippen molar-refractivity contribution < 1.29 is 26.7 Å². The molecular weight excluding hydrogens is 304 g/mol. The van der Waals surface area contributed by atoms with Gasteiger partial charge < -0.3 is 10.1 Å². The summed E-state index contributed by atoms with van der Waals surface area (Å²) in [6.07, 6.45) is 1.57. The van der Waals surface area contributed by atoms with Crippen molar-refractivity contribution in [2.75, 3.05) is 18.9 Å². The van der Waals surface area contributed by atoms with Crippen molar-refractivity contribution in [3.05, 3.63) is 29.8 Å². The van der Waals surface area contributed by atoms with Gasteiger partial charge in [-0.15, -0.1) is 0 Å². The molecule has 1 atom stereocenters. The van der Waals surface area contributed by atoms with Gasteiger partial charge in [0.15, 0.2) is 9.84 Å². The molecule has 0 aromatic heterocycles. The summed E-state index contributed by atoms with van der Waals surface area (Å²) in [6.45, 7) is 0.827. The Hall–Kier alpha value is -1.54. The first-order chi connectivity index (χ1) is 9.88. The Morgan fingerprint density at radius 3 is 2.81 bits per heavy atom. The van der Waals surface area contributed by atoms with Crippen LogP contribution in [0.5, 0.6) is 0 Å². The number of carbonyl (C=O) groups is 1. The first-order valence-electron chi connectivity index (χ1n) is 6.44. The summed E-state index contributed by atoms with van der Waals surface area (Å²) in [5, 5.41) is 2.43. The summed E-state index contributed by atoms with van der Waals surface area (Å²) in [5.74, 6) is -3.66. The van der Waals surface area contributed by atoms with Crippen molar-refractivity contribution >= 4 is 15.7 Å². The molecule has 5 nitrogen and oxygen atoms in total. The van der Waals surface area contributed by atoms with E-state index in [2.05, 4.69) is 5.32 Å². The molecule has 1 N–H and O–H groups in total. The van der Waals surface area contributed by atoms with E-state index in [0.717, 1.165) is 18.9 Å². The van der Waals surface area contributed by atoms with Crippen LogP contribution in [0.4, 0.5) is 8.78 Å². The number of benzene rings is 1. The molecular formula is C13H15F2NO4S. The Morgan fingerprint density at radius 1 is 1.38 bits per heavy atom. The number of sulfone groups is 1. The quantitative estimate of drug-likeness (QED) is 0.880. The van der Waals surface area contributed by atoms with Crippen molar-refractivity contribution in [2.45, 2.75) is 23.8 Å². The molecule has 0 saturated carbocycles. The number of carbonyl (C=O) groups excluding carboxylic acids is 1. The molecule has 1 aromatic rings. The molecule has 1 aliphatic rings. The predicted molar refractivity (Wildman–Crippen MR) is 70.4 cm³/mol. The summed E-state index contributed by atoms with van der Waals surface area (Å²) in [5.41, 5.74) is 0. The molecule has 1 heterocycles. The van der Waals surface area contributed by atoms with Crippen LogP contribution in [0.2, 0.25) is 0 Å². The second-order valence-corrected chi connectivity index (χ2v) is 6.73. The van der Waals surface area contributed by atoms with Gasteiger partial charge in [-0.25, -0.2) is 17.2 Å². The number of amides is 1. The largest absolute Gasteiger partial charge is 0.376 e.